The van der Waals surface area contributed by atoms with E-state index >= 15 is 0 Å². The predicted molar refractivity (Wildman–Crippen MR) is 84.8 cm³/mol. The highest BCUT2D eigenvalue weighted by Gasteiger charge is 2.30. The molecule has 0 aliphatic carbocycles. The first kappa shape index (κ1) is 17.5. The zero-order chi connectivity index (χ0) is 17.0. The van der Waals surface area contributed by atoms with Crippen LogP contribution in [0.5, 0.6) is 0 Å². The molecule has 0 unspecified atom stereocenters. The molecule has 0 bridgehead atoms. The molecule has 0 saturated heterocycles. The van der Waals surface area contributed by atoms with Gasteiger partial charge in [0.05, 0.1) is 10.8 Å². The molecule has 124 valence electrons. The minimum absolute atomic E-state index is 0.102. The van der Waals surface area contributed by atoms with Gasteiger partial charge in [-0.15, -0.1) is 10.2 Å². The molecule has 0 radical (unpaired) electrons. The molecule has 2 N–H and O–H groups in total. The van der Waals surface area contributed by atoms with Crippen molar-refractivity contribution in [2.75, 3.05) is 17.7 Å². The first-order valence-electron chi connectivity index (χ1n) is 6.45. The summed E-state index contributed by atoms with van der Waals surface area (Å²) in [7, 11) is 1.71. The van der Waals surface area contributed by atoms with Gasteiger partial charge in [0.15, 0.2) is 4.34 Å². The van der Waals surface area contributed by atoms with E-state index in [9.17, 15) is 18.0 Å². The molecule has 1 atom stereocenters. The highest BCUT2D eigenvalue weighted by atomic mass is 32.2. The molecule has 0 spiro atoms. The maximum absolute atomic E-state index is 12.7. The molecule has 1 aromatic heterocycles. The van der Waals surface area contributed by atoms with Crippen LogP contribution in [0.25, 0.3) is 0 Å². The zero-order valence-electron chi connectivity index (χ0n) is 12.1. The lowest BCUT2D eigenvalue weighted by Gasteiger charge is -2.12. The first-order chi connectivity index (χ1) is 10.8. The van der Waals surface area contributed by atoms with E-state index in [4.69, 9.17) is 0 Å². The van der Waals surface area contributed by atoms with E-state index in [1.165, 1.54) is 35.2 Å². The van der Waals surface area contributed by atoms with Gasteiger partial charge in [-0.25, -0.2) is 0 Å². The Balaban J connectivity index is 2.00. The van der Waals surface area contributed by atoms with Crippen LogP contribution in [-0.2, 0) is 11.0 Å². The van der Waals surface area contributed by atoms with Crippen LogP contribution < -0.4 is 10.6 Å². The Morgan fingerprint density at radius 1 is 1.35 bits per heavy atom. The third-order valence-electron chi connectivity index (χ3n) is 2.72. The fraction of sp³-hybridized carbons (Fsp3) is 0.308. The molecule has 1 aromatic carbocycles. The smallest absolute Gasteiger partial charge is 0.363 e. The number of thioether (sulfide) groups is 1. The van der Waals surface area contributed by atoms with Gasteiger partial charge < -0.3 is 10.6 Å². The van der Waals surface area contributed by atoms with Gasteiger partial charge in [-0.2, -0.15) is 13.2 Å². The Bertz CT molecular complexity index is 690. The summed E-state index contributed by atoms with van der Waals surface area (Å²) >= 11 is 2.48. The van der Waals surface area contributed by atoms with Crippen molar-refractivity contribution < 1.29 is 18.0 Å². The maximum Gasteiger partial charge on any atom is 0.416 e. The summed E-state index contributed by atoms with van der Waals surface area (Å²) < 4.78 is 38.6. The van der Waals surface area contributed by atoms with Gasteiger partial charge >= 0.3 is 6.18 Å². The number of carbonyl (C=O) groups is 1. The van der Waals surface area contributed by atoms with E-state index < -0.39 is 22.9 Å². The predicted octanol–water partition coefficient (Wildman–Crippen LogP) is 3.72. The number of benzene rings is 1. The minimum atomic E-state index is -4.45. The largest absolute Gasteiger partial charge is 0.416 e. The van der Waals surface area contributed by atoms with Crippen LogP contribution in [0.3, 0.4) is 0 Å². The standard InChI is InChI=1S/C13H13F3N4OS2/c1-7(22-12-20-19-11(17-2)23-12)10(21)18-9-5-3-4-8(6-9)13(14,15)16/h3-7H,1-2H3,(H,17,19)(H,18,21)/t7-/m1/s1. The number of aromatic nitrogens is 2. The Kier molecular flexibility index (Phi) is 5.47. The molecule has 1 heterocycles. The van der Waals surface area contributed by atoms with Crippen molar-refractivity contribution in [1.82, 2.24) is 10.2 Å². The fourth-order valence-electron chi connectivity index (χ4n) is 1.58. The van der Waals surface area contributed by atoms with E-state index in [0.717, 1.165) is 12.1 Å². The van der Waals surface area contributed by atoms with Crippen molar-refractivity contribution in [2.24, 2.45) is 0 Å². The Morgan fingerprint density at radius 2 is 2.09 bits per heavy atom. The Hall–Kier alpha value is -1.81. The number of nitrogens with one attached hydrogen (secondary N) is 2. The molecule has 0 aliphatic heterocycles. The lowest BCUT2D eigenvalue weighted by molar-refractivity contribution is -0.137. The number of nitrogens with zero attached hydrogens (tertiary/aromatic N) is 2. The molecule has 0 saturated carbocycles. The SMILES string of the molecule is CNc1nnc(S[C@H](C)C(=O)Nc2cccc(C(F)(F)F)c2)s1. The van der Waals surface area contributed by atoms with E-state index in [-0.39, 0.29) is 5.69 Å². The molecular formula is C13H13F3N4OS2. The second-order valence-corrected chi connectivity index (χ2v) is 7.02. The van der Waals surface area contributed by atoms with Crippen LogP contribution in [0, 0.1) is 0 Å². The fourth-order valence-corrected chi connectivity index (χ4v) is 3.43. The third-order valence-corrected chi connectivity index (χ3v) is 4.85. The van der Waals surface area contributed by atoms with Crippen molar-refractivity contribution in [3.05, 3.63) is 29.8 Å². The Labute approximate surface area is 138 Å². The highest BCUT2D eigenvalue weighted by molar-refractivity contribution is 8.02. The first-order valence-corrected chi connectivity index (χ1v) is 8.15. The molecule has 10 heteroatoms. The lowest BCUT2D eigenvalue weighted by atomic mass is 10.2. The van der Waals surface area contributed by atoms with Gasteiger partial charge in [0.2, 0.25) is 11.0 Å². The molecule has 2 rings (SSSR count). The van der Waals surface area contributed by atoms with E-state index in [2.05, 4.69) is 20.8 Å². The van der Waals surface area contributed by atoms with Crippen molar-refractivity contribution in [1.29, 1.82) is 0 Å². The van der Waals surface area contributed by atoms with Crippen LogP contribution in [0.2, 0.25) is 0 Å². The molecule has 1 amide bonds. The van der Waals surface area contributed by atoms with E-state index in [0.29, 0.717) is 9.47 Å². The number of hydrogen-bond acceptors (Lipinski definition) is 6. The van der Waals surface area contributed by atoms with Crippen LogP contribution in [0.4, 0.5) is 24.0 Å². The monoisotopic (exact) mass is 362 g/mol. The summed E-state index contributed by atoms with van der Waals surface area (Å²) in [5.41, 5.74) is -0.705. The number of amides is 1. The highest BCUT2D eigenvalue weighted by Crippen LogP contribution is 2.32. The molecule has 0 aliphatic rings. The number of anilines is 2. The summed E-state index contributed by atoms with van der Waals surface area (Å²) in [6.07, 6.45) is -4.45. The van der Waals surface area contributed by atoms with Crippen molar-refractivity contribution in [2.45, 2.75) is 22.7 Å². The second-order valence-electron chi connectivity index (χ2n) is 4.45. The molecule has 2 aromatic rings. The van der Waals surface area contributed by atoms with Crippen LogP contribution in [0.15, 0.2) is 28.6 Å². The Morgan fingerprint density at radius 3 is 2.70 bits per heavy atom. The van der Waals surface area contributed by atoms with Gasteiger partial charge in [0.25, 0.3) is 0 Å². The number of alkyl halides is 3. The summed E-state index contributed by atoms with van der Waals surface area (Å²) in [4.78, 5) is 12.1. The number of halogens is 3. The average Bonchev–Trinajstić information content (AvgIpc) is 2.94. The normalized spacial score (nSPS) is 12.7. The minimum Gasteiger partial charge on any atom is -0.363 e. The summed E-state index contributed by atoms with van der Waals surface area (Å²) in [5, 5.41) is 13.2. The van der Waals surface area contributed by atoms with Crippen LogP contribution >= 0.6 is 23.1 Å². The summed E-state index contributed by atoms with van der Waals surface area (Å²) in [5.74, 6) is -0.407. The van der Waals surface area contributed by atoms with Gasteiger partial charge in [0.1, 0.15) is 0 Å². The number of rotatable bonds is 5. The van der Waals surface area contributed by atoms with Crippen molar-refractivity contribution in [3.63, 3.8) is 0 Å². The quantitative estimate of drug-likeness (QED) is 0.794. The van der Waals surface area contributed by atoms with Gasteiger partial charge in [-0.1, -0.05) is 29.2 Å². The number of hydrogen-bond donors (Lipinski definition) is 2. The van der Waals surface area contributed by atoms with Crippen LogP contribution in [0.1, 0.15) is 12.5 Å². The van der Waals surface area contributed by atoms with Crippen molar-refractivity contribution >= 4 is 39.8 Å². The second kappa shape index (κ2) is 7.18. The zero-order valence-corrected chi connectivity index (χ0v) is 13.8. The number of carbonyl (C=O) groups excluding carboxylic acids is 1. The maximum atomic E-state index is 12.7. The van der Waals surface area contributed by atoms with E-state index in [1.807, 2.05) is 0 Å². The average molecular weight is 362 g/mol. The topological polar surface area (TPSA) is 66.9 Å². The molecular weight excluding hydrogens is 349 g/mol. The van der Waals surface area contributed by atoms with Gasteiger partial charge in [-0.05, 0) is 25.1 Å². The van der Waals surface area contributed by atoms with Gasteiger partial charge in [-0.3, -0.25) is 4.79 Å². The molecule has 23 heavy (non-hydrogen) atoms. The van der Waals surface area contributed by atoms with Crippen molar-refractivity contribution in [3.8, 4) is 0 Å². The summed E-state index contributed by atoms with van der Waals surface area (Å²) in [6, 6.07) is 4.52. The third kappa shape index (κ3) is 4.83. The van der Waals surface area contributed by atoms with Crippen LogP contribution in [-0.4, -0.2) is 28.4 Å². The molecule has 5 nitrogen and oxygen atoms in total. The van der Waals surface area contributed by atoms with E-state index in [1.54, 1.807) is 14.0 Å². The molecule has 0 fully saturated rings. The summed E-state index contributed by atoms with van der Waals surface area (Å²) in [6.45, 7) is 1.65. The lowest BCUT2D eigenvalue weighted by Crippen LogP contribution is -2.22. The van der Waals surface area contributed by atoms with Gasteiger partial charge in [0, 0.05) is 12.7 Å².